The quantitative estimate of drug-likeness (QED) is 0.557. The minimum atomic E-state index is -0.0825. The molecule has 0 bridgehead atoms. The van der Waals surface area contributed by atoms with Gasteiger partial charge in [-0.3, -0.25) is 4.99 Å². The van der Waals surface area contributed by atoms with Gasteiger partial charge in [-0.25, -0.2) is 4.98 Å². The van der Waals surface area contributed by atoms with E-state index in [4.69, 9.17) is 5.73 Å². The molecule has 1 heterocycles. The van der Waals surface area contributed by atoms with E-state index in [1.165, 1.54) is 0 Å². The normalized spacial score (nSPS) is 15.6. The second kappa shape index (κ2) is 3.82. The van der Waals surface area contributed by atoms with Crippen LogP contribution in [0.4, 0.5) is 0 Å². The molecule has 1 rings (SSSR count). The third-order valence-electron chi connectivity index (χ3n) is 2.02. The number of rotatable bonds is 2. The van der Waals surface area contributed by atoms with Gasteiger partial charge in [0, 0.05) is 17.8 Å². The summed E-state index contributed by atoms with van der Waals surface area (Å²) in [5.74, 6) is 1.50. The highest BCUT2D eigenvalue weighted by molar-refractivity contribution is 5.85. The lowest BCUT2D eigenvalue weighted by Crippen LogP contribution is -2.29. The zero-order valence-corrected chi connectivity index (χ0v) is 9.20. The smallest absolute Gasteiger partial charge is 0.130 e. The van der Waals surface area contributed by atoms with E-state index in [9.17, 15) is 0 Å². The summed E-state index contributed by atoms with van der Waals surface area (Å²) < 4.78 is 0. The van der Waals surface area contributed by atoms with Gasteiger partial charge in [0.15, 0.2) is 0 Å². The van der Waals surface area contributed by atoms with Crippen LogP contribution in [0.5, 0.6) is 0 Å². The maximum absolute atomic E-state index is 5.87. The summed E-state index contributed by atoms with van der Waals surface area (Å²) in [5, 5.41) is 0. The Balaban J connectivity index is 2.78. The molecule has 0 saturated carbocycles. The molecular weight excluding hydrogens is 176 g/mol. The van der Waals surface area contributed by atoms with Gasteiger partial charge in [0.1, 0.15) is 11.9 Å². The van der Waals surface area contributed by atoms with Crippen molar-refractivity contribution in [1.82, 2.24) is 9.97 Å². The number of nitrogens with zero attached hydrogens (tertiary/aromatic N) is 2. The van der Waals surface area contributed by atoms with Crippen molar-refractivity contribution in [1.29, 1.82) is 0 Å². The lowest BCUT2D eigenvalue weighted by atomic mass is 9.95. The highest BCUT2D eigenvalue weighted by atomic mass is 15.0. The fourth-order valence-electron chi connectivity index (χ4n) is 0.969. The van der Waals surface area contributed by atoms with E-state index in [0.29, 0.717) is 5.84 Å². The largest absolute Gasteiger partial charge is 0.387 e. The molecule has 3 N–H and O–H groups in total. The number of nitrogens with one attached hydrogen (secondary N) is 1. The molecule has 0 aliphatic carbocycles. The Bertz CT molecular complexity index is 305. The molecule has 1 aromatic rings. The van der Waals surface area contributed by atoms with Gasteiger partial charge >= 0.3 is 0 Å². The Hall–Kier alpha value is -1.32. The summed E-state index contributed by atoms with van der Waals surface area (Å²) in [6.45, 7) is 8.10. The van der Waals surface area contributed by atoms with Crippen LogP contribution < -0.4 is 5.73 Å². The third kappa shape index (κ3) is 2.58. The summed E-state index contributed by atoms with van der Waals surface area (Å²) in [6, 6.07) is -0.00998. The molecule has 0 saturated heterocycles. The van der Waals surface area contributed by atoms with Crippen LogP contribution in [0.2, 0.25) is 0 Å². The number of aliphatic imine (C=N–C) groups is 1. The van der Waals surface area contributed by atoms with Crippen molar-refractivity contribution in [3.63, 3.8) is 0 Å². The van der Waals surface area contributed by atoms with Crippen LogP contribution in [0.25, 0.3) is 0 Å². The molecule has 14 heavy (non-hydrogen) atoms. The van der Waals surface area contributed by atoms with Crippen LogP contribution >= 0.6 is 0 Å². The molecule has 4 nitrogen and oxygen atoms in total. The molecule has 0 aliphatic heterocycles. The fourth-order valence-corrected chi connectivity index (χ4v) is 0.969. The van der Waals surface area contributed by atoms with Gasteiger partial charge in [-0.15, -0.1) is 0 Å². The lowest BCUT2D eigenvalue weighted by molar-refractivity contribution is 0.573. The first-order valence-electron chi connectivity index (χ1n) is 4.74. The van der Waals surface area contributed by atoms with Crippen molar-refractivity contribution >= 4 is 5.84 Å². The third-order valence-corrected chi connectivity index (χ3v) is 2.02. The number of aromatic nitrogens is 2. The van der Waals surface area contributed by atoms with E-state index in [-0.39, 0.29) is 11.5 Å². The summed E-state index contributed by atoms with van der Waals surface area (Å²) in [7, 11) is 0. The number of amidine groups is 1. The standard InChI is InChI=1S/C10H18N4/c1-7(8-12-5-6-13-8)14-9(11)10(2,3)4/h5-7H,1-4H3,(H2,11,14)(H,12,13). The van der Waals surface area contributed by atoms with Crippen molar-refractivity contribution in [2.45, 2.75) is 33.7 Å². The average Bonchev–Trinajstić information content (AvgIpc) is 2.53. The molecule has 0 spiro atoms. The van der Waals surface area contributed by atoms with E-state index in [1.54, 1.807) is 12.4 Å². The van der Waals surface area contributed by atoms with Crippen LogP contribution in [0.3, 0.4) is 0 Å². The molecule has 1 unspecified atom stereocenters. The molecule has 4 heteroatoms. The van der Waals surface area contributed by atoms with Crippen molar-refractivity contribution in [2.75, 3.05) is 0 Å². The number of hydrogen-bond donors (Lipinski definition) is 2. The van der Waals surface area contributed by atoms with Crippen LogP contribution in [0.15, 0.2) is 17.4 Å². The number of aromatic amines is 1. The van der Waals surface area contributed by atoms with Gasteiger partial charge in [-0.2, -0.15) is 0 Å². The topological polar surface area (TPSA) is 67.1 Å². The van der Waals surface area contributed by atoms with Crippen molar-refractivity contribution < 1.29 is 0 Å². The Labute approximate surface area is 84.7 Å². The van der Waals surface area contributed by atoms with E-state index < -0.39 is 0 Å². The van der Waals surface area contributed by atoms with Gasteiger partial charge < -0.3 is 10.7 Å². The average molecular weight is 194 g/mol. The Morgan fingerprint density at radius 3 is 2.64 bits per heavy atom. The Morgan fingerprint density at radius 2 is 2.21 bits per heavy atom. The predicted octanol–water partition coefficient (Wildman–Crippen LogP) is 1.87. The summed E-state index contributed by atoms with van der Waals surface area (Å²) in [6.07, 6.45) is 3.50. The van der Waals surface area contributed by atoms with E-state index >= 15 is 0 Å². The minimum absolute atomic E-state index is 0.00998. The molecule has 0 aromatic carbocycles. The van der Waals surface area contributed by atoms with E-state index in [2.05, 4.69) is 15.0 Å². The molecular formula is C10H18N4. The first kappa shape index (κ1) is 10.8. The SMILES string of the molecule is CC(N=C(N)C(C)(C)C)c1ncc[nH]1. The second-order valence-corrected chi connectivity index (χ2v) is 4.41. The zero-order valence-electron chi connectivity index (χ0n) is 9.20. The zero-order chi connectivity index (χ0) is 10.8. The van der Waals surface area contributed by atoms with Crippen LogP contribution in [0, 0.1) is 5.41 Å². The molecule has 0 fully saturated rings. The van der Waals surface area contributed by atoms with Gasteiger partial charge in [-0.1, -0.05) is 20.8 Å². The second-order valence-electron chi connectivity index (χ2n) is 4.41. The van der Waals surface area contributed by atoms with Crippen LogP contribution in [-0.2, 0) is 0 Å². The highest BCUT2D eigenvalue weighted by Gasteiger charge is 2.17. The predicted molar refractivity (Wildman–Crippen MR) is 58.1 cm³/mol. The molecule has 1 atom stereocenters. The molecule has 0 aliphatic rings. The van der Waals surface area contributed by atoms with Crippen molar-refractivity contribution in [3.05, 3.63) is 18.2 Å². The van der Waals surface area contributed by atoms with Crippen molar-refractivity contribution in [2.24, 2.45) is 16.1 Å². The van der Waals surface area contributed by atoms with E-state index in [0.717, 1.165) is 5.82 Å². The van der Waals surface area contributed by atoms with E-state index in [1.807, 2.05) is 27.7 Å². The summed E-state index contributed by atoms with van der Waals surface area (Å²) >= 11 is 0. The lowest BCUT2D eigenvalue weighted by Gasteiger charge is -2.18. The van der Waals surface area contributed by atoms with Gasteiger partial charge in [0.05, 0.1) is 5.84 Å². The number of hydrogen-bond acceptors (Lipinski definition) is 2. The molecule has 0 amide bonds. The molecule has 78 valence electrons. The Kier molecular flexibility index (Phi) is 2.93. The van der Waals surface area contributed by atoms with Gasteiger partial charge in [0.2, 0.25) is 0 Å². The first-order chi connectivity index (χ1) is 6.41. The monoisotopic (exact) mass is 194 g/mol. The van der Waals surface area contributed by atoms with Crippen LogP contribution in [-0.4, -0.2) is 15.8 Å². The maximum Gasteiger partial charge on any atom is 0.130 e. The maximum atomic E-state index is 5.87. The van der Waals surface area contributed by atoms with Gasteiger partial charge in [0.25, 0.3) is 0 Å². The molecule has 1 aromatic heterocycles. The Morgan fingerprint density at radius 1 is 1.57 bits per heavy atom. The van der Waals surface area contributed by atoms with Gasteiger partial charge in [-0.05, 0) is 6.92 Å². The van der Waals surface area contributed by atoms with Crippen LogP contribution in [0.1, 0.15) is 39.6 Å². The first-order valence-corrected chi connectivity index (χ1v) is 4.74. The highest BCUT2D eigenvalue weighted by Crippen LogP contribution is 2.18. The number of nitrogens with two attached hydrogens (primary N) is 1. The van der Waals surface area contributed by atoms with Crippen molar-refractivity contribution in [3.8, 4) is 0 Å². The number of H-pyrrole nitrogens is 1. The molecule has 0 radical (unpaired) electrons. The number of imidazole rings is 1. The summed E-state index contributed by atoms with van der Waals surface area (Å²) in [4.78, 5) is 11.5. The minimum Gasteiger partial charge on any atom is -0.387 e. The summed E-state index contributed by atoms with van der Waals surface area (Å²) in [5.41, 5.74) is 5.78. The fraction of sp³-hybridized carbons (Fsp3) is 0.600.